The highest BCUT2D eigenvalue weighted by Gasteiger charge is 2.19. The Bertz CT molecular complexity index is 402. The molecule has 1 aromatic rings. The van der Waals surface area contributed by atoms with Gasteiger partial charge in [0.05, 0.1) is 0 Å². The Hall–Kier alpha value is -1.83. The number of aromatic nitrogens is 3. The number of nitrogens with zero attached hydrogens (tertiary/aromatic N) is 6. The first-order valence-corrected chi connectivity index (χ1v) is 6.95. The lowest BCUT2D eigenvalue weighted by atomic mass is 10.6. The molecule has 12 nitrogen and oxygen atoms in total. The molecule has 0 aliphatic heterocycles. The van der Waals surface area contributed by atoms with E-state index in [-0.39, 0.29) is 38.0 Å². The number of ether oxygens (including phenoxy) is 3. The minimum atomic E-state index is -0.399. The van der Waals surface area contributed by atoms with Crippen molar-refractivity contribution in [2.24, 2.45) is 0 Å². The zero-order chi connectivity index (χ0) is 17.9. The van der Waals surface area contributed by atoms with Crippen molar-refractivity contribution in [3.63, 3.8) is 0 Å². The van der Waals surface area contributed by atoms with Crippen molar-refractivity contribution in [2.75, 3.05) is 76.4 Å². The van der Waals surface area contributed by atoms with Crippen molar-refractivity contribution < 1.29 is 29.5 Å². The van der Waals surface area contributed by atoms with Crippen LogP contribution in [0.3, 0.4) is 0 Å². The monoisotopic (exact) mass is 348 g/mol. The fourth-order valence-electron chi connectivity index (χ4n) is 1.72. The third-order valence-electron chi connectivity index (χ3n) is 2.82. The predicted molar refractivity (Wildman–Crippen MR) is 84.1 cm³/mol. The van der Waals surface area contributed by atoms with Gasteiger partial charge in [0.2, 0.25) is 17.8 Å². The van der Waals surface area contributed by atoms with Crippen LogP contribution in [0, 0.1) is 0 Å². The van der Waals surface area contributed by atoms with Gasteiger partial charge in [0, 0.05) is 21.3 Å². The molecule has 0 spiro atoms. The van der Waals surface area contributed by atoms with Crippen LogP contribution in [-0.2, 0) is 14.2 Å². The van der Waals surface area contributed by atoms with Crippen LogP contribution < -0.4 is 14.7 Å². The van der Waals surface area contributed by atoms with E-state index in [1.165, 1.54) is 36.0 Å². The number of hydrogen-bond donors (Lipinski definition) is 3. The van der Waals surface area contributed by atoms with Gasteiger partial charge < -0.3 is 29.5 Å². The van der Waals surface area contributed by atoms with Crippen molar-refractivity contribution in [2.45, 2.75) is 0 Å². The summed E-state index contributed by atoms with van der Waals surface area (Å²) in [5.74, 6) is 0.301. The summed E-state index contributed by atoms with van der Waals surface area (Å²) in [5, 5.41) is 28.4. The molecule has 1 aromatic heterocycles. The van der Waals surface area contributed by atoms with Gasteiger partial charge in [-0.05, 0) is 0 Å². The SMILES string of the molecule is COCN(CO)c1nc(N(CO)COC)nc(N(CO)COC)n1. The number of hydrogen-bond acceptors (Lipinski definition) is 12. The molecule has 0 radical (unpaired) electrons. The molecule has 0 saturated carbocycles. The van der Waals surface area contributed by atoms with Crippen LogP contribution in [0.4, 0.5) is 17.8 Å². The quantitative estimate of drug-likeness (QED) is 0.359. The summed E-state index contributed by atoms with van der Waals surface area (Å²) in [4.78, 5) is 16.6. The molecular formula is C12H24N6O6. The summed E-state index contributed by atoms with van der Waals surface area (Å²) < 4.78 is 15.0. The van der Waals surface area contributed by atoms with Gasteiger partial charge in [0.15, 0.2) is 0 Å². The van der Waals surface area contributed by atoms with Gasteiger partial charge >= 0.3 is 0 Å². The van der Waals surface area contributed by atoms with Gasteiger partial charge in [-0.15, -0.1) is 0 Å². The first-order valence-electron chi connectivity index (χ1n) is 6.95. The zero-order valence-corrected chi connectivity index (χ0v) is 14.0. The highest BCUT2D eigenvalue weighted by atomic mass is 16.5. The van der Waals surface area contributed by atoms with Crippen LogP contribution in [0.5, 0.6) is 0 Å². The molecular weight excluding hydrogens is 324 g/mol. The molecule has 0 amide bonds. The smallest absolute Gasteiger partial charge is 0.235 e. The summed E-state index contributed by atoms with van der Waals surface area (Å²) in [6.07, 6.45) is 0. The van der Waals surface area contributed by atoms with E-state index in [0.717, 1.165) is 0 Å². The normalized spacial score (nSPS) is 10.8. The minimum Gasteiger partial charge on any atom is -0.376 e. The Kier molecular flexibility index (Phi) is 9.14. The molecule has 24 heavy (non-hydrogen) atoms. The highest BCUT2D eigenvalue weighted by molar-refractivity contribution is 5.45. The van der Waals surface area contributed by atoms with Crippen LogP contribution in [0.15, 0.2) is 0 Å². The Morgan fingerprint density at radius 3 is 1.04 bits per heavy atom. The molecule has 3 N–H and O–H groups in total. The summed E-state index contributed by atoms with van der Waals surface area (Å²) in [5.41, 5.74) is 0. The Balaban J connectivity index is 3.31. The van der Waals surface area contributed by atoms with Crippen LogP contribution in [0.25, 0.3) is 0 Å². The maximum absolute atomic E-state index is 9.46. The van der Waals surface area contributed by atoms with E-state index < -0.39 is 20.2 Å². The number of aliphatic hydroxyl groups excluding tert-OH is 3. The lowest BCUT2D eigenvalue weighted by Crippen LogP contribution is -2.35. The van der Waals surface area contributed by atoms with Gasteiger partial charge in [-0.2, -0.15) is 15.0 Å². The molecule has 0 aliphatic carbocycles. The fraction of sp³-hybridized carbons (Fsp3) is 0.750. The predicted octanol–water partition coefficient (Wildman–Crippen LogP) is -2.05. The Morgan fingerprint density at radius 2 is 0.875 bits per heavy atom. The maximum Gasteiger partial charge on any atom is 0.235 e. The van der Waals surface area contributed by atoms with E-state index >= 15 is 0 Å². The molecule has 138 valence electrons. The second-order valence-corrected chi connectivity index (χ2v) is 4.53. The van der Waals surface area contributed by atoms with E-state index in [4.69, 9.17) is 14.2 Å². The van der Waals surface area contributed by atoms with Crippen LogP contribution in [0.1, 0.15) is 0 Å². The van der Waals surface area contributed by atoms with E-state index in [2.05, 4.69) is 15.0 Å². The molecule has 0 saturated heterocycles. The Morgan fingerprint density at radius 1 is 0.625 bits per heavy atom. The number of methoxy groups -OCH3 is 3. The fourth-order valence-corrected chi connectivity index (χ4v) is 1.72. The lowest BCUT2D eigenvalue weighted by molar-refractivity contribution is 0.161. The van der Waals surface area contributed by atoms with Crippen molar-refractivity contribution in [1.29, 1.82) is 0 Å². The number of aliphatic hydroxyl groups is 3. The van der Waals surface area contributed by atoms with Crippen molar-refractivity contribution in [3.8, 4) is 0 Å². The van der Waals surface area contributed by atoms with E-state index in [9.17, 15) is 15.3 Å². The summed E-state index contributed by atoms with van der Waals surface area (Å²) in [6.45, 7) is -1.10. The van der Waals surface area contributed by atoms with Gasteiger partial charge in [-0.3, -0.25) is 14.7 Å². The van der Waals surface area contributed by atoms with Crippen LogP contribution in [0.2, 0.25) is 0 Å². The van der Waals surface area contributed by atoms with Gasteiger partial charge in [0.25, 0.3) is 0 Å². The lowest BCUT2D eigenvalue weighted by Gasteiger charge is -2.25. The van der Waals surface area contributed by atoms with E-state index in [0.29, 0.717) is 0 Å². The average molecular weight is 348 g/mol. The largest absolute Gasteiger partial charge is 0.376 e. The number of rotatable bonds is 12. The van der Waals surface area contributed by atoms with Crippen LogP contribution in [-0.4, -0.2) is 92.0 Å². The van der Waals surface area contributed by atoms with Crippen molar-refractivity contribution in [3.05, 3.63) is 0 Å². The topological polar surface area (TPSA) is 137 Å². The third-order valence-corrected chi connectivity index (χ3v) is 2.82. The maximum atomic E-state index is 9.46. The third kappa shape index (κ3) is 5.36. The van der Waals surface area contributed by atoms with Crippen LogP contribution >= 0.6 is 0 Å². The minimum absolute atomic E-state index is 0.0339. The molecule has 1 rings (SSSR count). The summed E-state index contributed by atoms with van der Waals surface area (Å²) in [6, 6.07) is 0. The molecule has 0 aromatic carbocycles. The molecule has 0 bridgehead atoms. The molecule has 0 aliphatic rings. The standard InChI is InChI=1S/C12H24N6O6/c1-22-7-16(4-19)10-13-11(17(5-20)8-23-2)15-12(14-10)18(6-21)9-24-3/h19-21H,4-9H2,1-3H3. The van der Waals surface area contributed by atoms with Crippen molar-refractivity contribution >= 4 is 17.8 Å². The van der Waals surface area contributed by atoms with Gasteiger partial charge in [-0.1, -0.05) is 0 Å². The average Bonchev–Trinajstić information content (AvgIpc) is 2.61. The second kappa shape index (κ2) is 10.9. The van der Waals surface area contributed by atoms with E-state index in [1.54, 1.807) is 0 Å². The highest BCUT2D eigenvalue weighted by Crippen LogP contribution is 2.18. The first kappa shape index (κ1) is 20.2. The van der Waals surface area contributed by atoms with Gasteiger partial charge in [0.1, 0.15) is 40.4 Å². The zero-order valence-electron chi connectivity index (χ0n) is 14.0. The summed E-state index contributed by atoms with van der Waals surface area (Å²) >= 11 is 0. The first-order chi connectivity index (χ1) is 11.6. The number of anilines is 3. The molecule has 0 unspecified atom stereocenters. The summed E-state index contributed by atoms with van der Waals surface area (Å²) in [7, 11) is 4.38. The molecule has 0 fully saturated rings. The van der Waals surface area contributed by atoms with Crippen molar-refractivity contribution in [1.82, 2.24) is 15.0 Å². The second-order valence-electron chi connectivity index (χ2n) is 4.53. The molecule has 1 heterocycles. The molecule has 12 heteroatoms. The van der Waals surface area contributed by atoms with Gasteiger partial charge in [-0.25, -0.2) is 0 Å². The van der Waals surface area contributed by atoms with E-state index in [1.807, 2.05) is 0 Å². The Labute approximate surface area is 139 Å². The molecule has 0 atom stereocenters.